The van der Waals surface area contributed by atoms with Crippen molar-refractivity contribution in [1.29, 1.82) is 0 Å². The molecule has 7 heteroatoms. The molecule has 0 aliphatic carbocycles. The second-order valence-corrected chi connectivity index (χ2v) is 6.79. The molecule has 0 spiro atoms. The Morgan fingerprint density at radius 1 is 1.13 bits per heavy atom. The van der Waals surface area contributed by atoms with Crippen molar-refractivity contribution in [3.63, 3.8) is 0 Å². The van der Waals surface area contributed by atoms with Gasteiger partial charge in [0.2, 0.25) is 15.9 Å². The SMILES string of the molecule is COc1nc2ccccc2cc1-c1ccc(NS(C)(=O)=O)nc1. The van der Waals surface area contributed by atoms with Crippen LogP contribution in [0.5, 0.6) is 5.88 Å². The van der Waals surface area contributed by atoms with Gasteiger partial charge in [0.15, 0.2) is 0 Å². The molecule has 23 heavy (non-hydrogen) atoms. The topological polar surface area (TPSA) is 81.2 Å². The molecule has 0 saturated carbocycles. The fraction of sp³-hybridized carbons (Fsp3) is 0.125. The lowest BCUT2D eigenvalue weighted by molar-refractivity contribution is 0.401. The fourth-order valence-electron chi connectivity index (χ4n) is 2.26. The van der Waals surface area contributed by atoms with Gasteiger partial charge in [-0.2, -0.15) is 0 Å². The average molecular weight is 329 g/mol. The van der Waals surface area contributed by atoms with Crippen LogP contribution in [0, 0.1) is 0 Å². The third-order valence-corrected chi connectivity index (χ3v) is 3.83. The Morgan fingerprint density at radius 3 is 2.57 bits per heavy atom. The highest BCUT2D eigenvalue weighted by molar-refractivity contribution is 7.92. The zero-order chi connectivity index (χ0) is 16.4. The van der Waals surface area contributed by atoms with E-state index < -0.39 is 10.0 Å². The van der Waals surface area contributed by atoms with Gasteiger partial charge in [0.1, 0.15) is 5.82 Å². The third-order valence-electron chi connectivity index (χ3n) is 3.25. The van der Waals surface area contributed by atoms with Gasteiger partial charge < -0.3 is 4.74 Å². The lowest BCUT2D eigenvalue weighted by Gasteiger charge is -2.10. The molecule has 0 atom stereocenters. The molecular formula is C16H15N3O3S. The number of para-hydroxylation sites is 1. The number of rotatable bonds is 4. The molecule has 0 radical (unpaired) electrons. The molecular weight excluding hydrogens is 314 g/mol. The van der Waals surface area contributed by atoms with Crippen molar-refractivity contribution in [3.8, 4) is 17.0 Å². The largest absolute Gasteiger partial charge is 0.481 e. The minimum Gasteiger partial charge on any atom is -0.481 e. The standard InChI is InChI=1S/C16H15N3O3S/c1-22-16-13(9-11-5-3-4-6-14(11)18-16)12-7-8-15(17-10-12)19-23(2,20)21/h3-10H,1-2H3,(H,17,19). The highest BCUT2D eigenvalue weighted by Crippen LogP contribution is 2.31. The van der Waals surface area contributed by atoms with Crippen LogP contribution in [0.15, 0.2) is 48.7 Å². The van der Waals surface area contributed by atoms with Crippen molar-refractivity contribution in [2.45, 2.75) is 0 Å². The van der Waals surface area contributed by atoms with Crippen LogP contribution in [0.4, 0.5) is 5.82 Å². The van der Waals surface area contributed by atoms with Crippen LogP contribution in [0.25, 0.3) is 22.0 Å². The van der Waals surface area contributed by atoms with E-state index in [1.54, 1.807) is 25.4 Å². The third kappa shape index (κ3) is 3.40. The number of pyridine rings is 2. The summed E-state index contributed by atoms with van der Waals surface area (Å²) < 4.78 is 30.1. The van der Waals surface area contributed by atoms with Gasteiger partial charge in [0.25, 0.3) is 0 Å². The summed E-state index contributed by atoms with van der Waals surface area (Å²) in [6.07, 6.45) is 2.67. The first-order valence-electron chi connectivity index (χ1n) is 6.84. The summed E-state index contributed by atoms with van der Waals surface area (Å²) in [5.41, 5.74) is 2.43. The maximum absolute atomic E-state index is 11.2. The zero-order valence-corrected chi connectivity index (χ0v) is 13.5. The quantitative estimate of drug-likeness (QED) is 0.796. The molecule has 0 bridgehead atoms. The number of ether oxygens (including phenoxy) is 1. The first-order chi connectivity index (χ1) is 11.0. The maximum atomic E-state index is 11.2. The smallest absolute Gasteiger partial charge is 0.230 e. The Balaban J connectivity index is 2.05. The summed E-state index contributed by atoms with van der Waals surface area (Å²) in [7, 11) is -1.78. The van der Waals surface area contributed by atoms with Crippen LogP contribution >= 0.6 is 0 Å². The molecule has 0 amide bonds. The Hall–Kier alpha value is -2.67. The molecule has 0 saturated heterocycles. The minimum atomic E-state index is -3.35. The van der Waals surface area contributed by atoms with Crippen molar-refractivity contribution in [1.82, 2.24) is 9.97 Å². The van der Waals surface area contributed by atoms with E-state index >= 15 is 0 Å². The number of fused-ring (bicyclic) bond motifs is 1. The number of hydrogen-bond acceptors (Lipinski definition) is 5. The molecule has 1 N–H and O–H groups in total. The van der Waals surface area contributed by atoms with Crippen molar-refractivity contribution in [2.75, 3.05) is 18.1 Å². The Labute approximate surface area is 134 Å². The normalized spacial score (nSPS) is 11.4. The number of nitrogens with zero attached hydrogens (tertiary/aromatic N) is 2. The second-order valence-electron chi connectivity index (χ2n) is 5.04. The first-order valence-corrected chi connectivity index (χ1v) is 8.73. The molecule has 0 aliphatic rings. The van der Waals surface area contributed by atoms with E-state index in [9.17, 15) is 8.42 Å². The van der Waals surface area contributed by atoms with Gasteiger partial charge >= 0.3 is 0 Å². The lowest BCUT2D eigenvalue weighted by Crippen LogP contribution is -2.10. The summed E-state index contributed by atoms with van der Waals surface area (Å²) in [6, 6.07) is 13.1. The van der Waals surface area contributed by atoms with Gasteiger partial charge in [0, 0.05) is 22.7 Å². The number of nitrogens with one attached hydrogen (secondary N) is 1. The van der Waals surface area contributed by atoms with Crippen molar-refractivity contribution >= 4 is 26.7 Å². The number of aromatic nitrogens is 2. The van der Waals surface area contributed by atoms with E-state index in [1.165, 1.54) is 0 Å². The maximum Gasteiger partial charge on any atom is 0.230 e. The van der Waals surface area contributed by atoms with E-state index in [1.807, 2.05) is 30.3 Å². The van der Waals surface area contributed by atoms with Crippen LogP contribution in [-0.2, 0) is 10.0 Å². The van der Waals surface area contributed by atoms with Crippen LogP contribution in [0.2, 0.25) is 0 Å². The molecule has 2 aromatic heterocycles. The first kappa shape index (κ1) is 15.2. The van der Waals surface area contributed by atoms with E-state index in [-0.39, 0.29) is 5.82 Å². The highest BCUT2D eigenvalue weighted by Gasteiger charge is 2.11. The number of anilines is 1. The molecule has 118 valence electrons. The van der Waals surface area contributed by atoms with Gasteiger partial charge in [-0.05, 0) is 24.3 Å². The lowest BCUT2D eigenvalue weighted by atomic mass is 10.1. The summed E-state index contributed by atoms with van der Waals surface area (Å²) >= 11 is 0. The summed E-state index contributed by atoms with van der Waals surface area (Å²) in [5, 5.41) is 0.988. The van der Waals surface area contributed by atoms with Crippen LogP contribution in [0.3, 0.4) is 0 Å². The van der Waals surface area contributed by atoms with Crippen molar-refractivity contribution < 1.29 is 13.2 Å². The van der Waals surface area contributed by atoms with Crippen molar-refractivity contribution in [2.24, 2.45) is 0 Å². The van der Waals surface area contributed by atoms with Gasteiger partial charge in [-0.1, -0.05) is 18.2 Å². The Kier molecular flexibility index (Phi) is 3.87. The Morgan fingerprint density at radius 2 is 1.91 bits per heavy atom. The molecule has 2 heterocycles. The van der Waals surface area contributed by atoms with Gasteiger partial charge in [-0.15, -0.1) is 0 Å². The van der Waals surface area contributed by atoms with E-state index in [0.29, 0.717) is 5.88 Å². The molecule has 0 unspecified atom stereocenters. The molecule has 1 aromatic carbocycles. The molecule has 3 rings (SSSR count). The van der Waals surface area contributed by atoms with Crippen LogP contribution in [-0.4, -0.2) is 31.8 Å². The predicted octanol–water partition coefficient (Wildman–Crippen LogP) is 2.68. The molecule has 3 aromatic rings. The summed E-state index contributed by atoms with van der Waals surface area (Å²) in [5.74, 6) is 0.762. The molecule has 6 nitrogen and oxygen atoms in total. The Bertz CT molecular complexity index is 954. The van der Waals surface area contributed by atoms with Gasteiger partial charge in [0.05, 0.1) is 18.9 Å². The van der Waals surface area contributed by atoms with Crippen LogP contribution < -0.4 is 9.46 Å². The highest BCUT2D eigenvalue weighted by atomic mass is 32.2. The van der Waals surface area contributed by atoms with Crippen LogP contribution in [0.1, 0.15) is 0 Å². The zero-order valence-electron chi connectivity index (χ0n) is 12.6. The predicted molar refractivity (Wildman–Crippen MR) is 90.0 cm³/mol. The van der Waals surface area contributed by atoms with Gasteiger partial charge in [-0.3, -0.25) is 4.72 Å². The number of benzene rings is 1. The number of methoxy groups -OCH3 is 1. The second kappa shape index (κ2) is 5.85. The molecule has 0 aliphatic heterocycles. The summed E-state index contributed by atoms with van der Waals surface area (Å²) in [6.45, 7) is 0. The summed E-state index contributed by atoms with van der Waals surface area (Å²) in [4.78, 5) is 8.61. The number of sulfonamides is 1. The van der Waals surface area contributed by atoms with E-state index in [0.717, 1.165) is 28.3 Å². The minimum absolute atomic E-state index is 0.268. The van der Waals surface area contributed by atoms with Gasteiger partial charge in [-0.25, -0.2) is 18.4 Å². The van der Waals surface area contributed by atoms with E-state index in [4.69, 9.17) is 4.74 Å². The molecule has 0 fully saturated rings. The average Bonchev–Trinajstić information content (AvgIpc) is 2.53. The fourth-order valence-corrected chi connectivity index (χ4v) is 2.76. The van der Waals surface area contributed by atoms with Crippen molar-refractivity contribution in [3.05, 3.63) is 48.7 Å². The monoisotopic (exact) mass is 329 g/mol. The van der Waals surface area contributed by atoms with E-state index in [2.05, 4.69) is 14.7 Å². The number of hydrogen-bond donors (Lipinski definition) is 1.